The van der Waals surface area contributed by atoms with E-state index < -0.39 is 5.82 Å². The monoisotopic (exact) mass is 572 g/mol. The van der Waals surface area contributed by atoms with Gasteiger partial charge < -0.3 is 15.4 Å². The number of aryl methyl sites for hydroxylation is 1. The molecule has 2 unspecified atom stereocenters. The van der Waals surface area contributed by atoms with E-state index in [0.717, 1.165) is 65.9 Å². The summed E-state index contributed by atoms with van der Waals surface area (Å²) in [5.74, 6) is 1.48. The Bertz CT molecular complexity index is 1660. The molecule has 4 fully saturated rings. The second-order valence-corrected chi connectivity index (χ2v) is 14.0. The van der Waals surface area contributed by atoms with Crippen molar-refractivity contribution in [3.63, 3.8) is 0 Å². The molecule has 9 heteroatoms. The number of thiazole rings is 1. The van der Waals surface area contributed by atoms with Crippen molar-refractivity contribution < 1.29 is 9.13 Å². The quantitative estimate of drug-likeness (QED) is 0.293. The first-order valence-electron chi connectivity index (χ1n) is 15.2. The van der Waals surface area contributed by atoms with Gasteiger partial charge in [-0.3, -0.25) is 9.88 Å². The minimum Gasteiger partial charge on any atom is -0.476 e. The number of pyridine rings is 2. The zero-order valence-electron chi connectivity index (χ0n) is 23.9. The highest BCUT2D eigenvalue weighted by Gasteiger charge is 2.45. The smallest absolute Gasteiger partial charge is 0.216 e. The van der Waals surface area contributed by atoms with Gasteiger partial charge in [-0.1, -0.05) is 11.3 Å². The van der Waals surface area contributed by atoms with Crippen LogP contribution in [-0.2, 0) is 0 Å². The molecule has 1 aromatic carbocycles. The van der Waals surface area contributed by atoms with Gasteiger partial charge in [-0.25, -0.2) is 14.4 Å². The normalized spacial score (nSPS) is 23.6. The van der Waals surface area contributed by atoms with E-state index in [2.05, 4.69) is 26.9 Å². The van der Waals surface area contributed by atoms with Crippen molar-refractivity contribution in [2.75, 3.05) is 43.4 Å². The lowest BCUT2D eigenvalue weighted by Gasteiger charge is -2.35. The number of benzene rings is 1. The number of piperidine rings is 1. The molecule has 214 valence electrons. The van der Waals surface area contributed by atoms with Crippen LogP contribution in [0.15, 0.2) is 18.3 Å². The van der Waals surface area contributed by atoms with Gasteiger partial charge in [0.15, 0.2) is 10.9 Å². The Morgan fingerprint density at radius 3 is 2.59 bits per heavy atom. The SMILES string of the molecule is Cc1cc2sc(N)nc2c(-c2ncc3c(N4CC5CCC(C5)C4)cc(OCC45CCCN4CCC5)nc3c2F)c1C. The predicted octanol–water partition coefficient (Wildman–Crippen LogP) is 6.49. The highest BCUT2D eigenvalue weighted by molar-refractivity contribution is 7.22. The summed E-state index contributed by atoms with van der Waals surface area (Å²) < 4.78 is 24.3. The summed E-state index contributed by atoms with van der Waals surface area (Å²) in [5, 5.41) is 1.22. The zero-order valence-corrected chi connectivity index (χ0v) is 24.7. The Balaban J connectivity index is 1.27. The molecule has 2 N–H and O–H groups in total. The minimum absolute atomic E-state index is 0.0951. The molecule has 3 aliphatic heterocycles. The molecule has 0 amide bonds. The molecule has 1 aliphatic carbocycles. The topological polar surface area (TPSA) is 80.4 Å². The van der Waals surface area contributed by atoms with E-state index >= 15 is 4.39 Å². The second-order valence-electron chi connectivity index (χ2n) is 12.9. The first kappa shape index (κ1) is 25.7. The van der Waals surface area contributed by atoms with E-state index in [1.165, 1.54) is 43.4 Å². The number of nitrogens with two attached hydrogens (primary N) is 1. The van der Waals surface area contributed by atoms with Gasteiger partial charge in [0.2, 0.25) is 5.88 Å². The molecular weight excluding hydrogens is 535 g/mol. The maximum atomic E-state index is 16.8. The number of rotatable bonds is 5. The highest BCUT2D eigenvalue weighted by Crippen LogP contribution is 2.44. The summed E-state index contributed by atoms with van der Waals surface area (Å²) in [7, 11) is 0. The molecular formula is C32H37FN6OS. The van der Waals surface area contributed by atoms with Gasteiger partial charge in [0.25, 0.3) is 0 Å². The summed E-state index contributed by atoms with van der Waals surface area (Å²) in [4.78, 5) is 19.2. The standard InChI is InChI=1S/C32H37FN6OS/c1-18-11-24-29(37-31(34)41-24)26(19(18)2)30-27(33)28-22(14-35-30)23(38-15-20-5-6-21(12-20)16-38)13-25(36-28)40-17-32-7-3-9-39(32)10-4-8-32/h11,13-14,20-21H,3-10,12,15-17H2,1-2H3,(H2,34,37). The van der Waals surface area contributed by atoms with E-state index in [9.17, 15) is 0 Å². The van der Waals surface area contributed by atoms with Crippen molar-refractivity contribution in [1.82, 2.24) is 19.9 Å². The van der Waals surface area contributed by atoms with Crippen molar-refractivity contribution >= 4 is 43.3 Å². The Kier molecular flexibility index (Phi) is 5.94. The molecule has 7 nitrogen and oxygen atoms in total. The van der Waals surface area contributed by atoms with Crippen molar-refractivity contribution in [3.8, 4) is 17.1 Å². The van der Waals surface area contributed by atoms with E-state index in [0.29, 0.717) is 46.1 Å². The number of ether oxygens (including phenoxy) is 1. The number of hydrogen-bond donors (Lipinski definition) is 1. The third kappa shape index (κ3) is 4.10. The second kappa shape index (κ2) is 9.49. The number of nitrogens with zero attached hydrogens (tertiary/aromatic N) is 5. The maximum absolute atomic E-state index is 16.8. The van der Waals surface area contributed by atoms with Gasteiger partial charge in [0.05, 0.1) is 21.4 Å². The number of nitrogen functional groups attached to an aromatic ring is 1. The van der Waals surface area contributed by atoms with Gasteiger partial charge >= 0.3 is 0 Å². The number of hydrogen-bond acceptors (Lipinski definition) is 8. The predicted molar refractivity (Wildman–Crippen MR) is 163 cm³/mol. The molecule has 3 aromatic heterocycles. The van der Waals surface area contributed by atoms with Gasteiger partial charge in [0, 0.05) is 36.3 Å². The van der Waals surface area contributed by atoms with Crippen LogP contribution < -0.4 is 15.4 Å². The third-order valence-corrected chi connectivity index (χ3v) is 11.3. The number of anilines is 2. The van der Waals surface area contributed by atoms with Crippen LogP contribution in [0.1, 0.15) is 56.1 Å². The third-order valence-electron chi connectivity index (χ3n) is 10.5. The lowest BCUT2D eigenvalue weighted by atomic mass is 9.95. The summed E-state index contributed by atoms with van der Waals surface area (Å²) in [6, 6.07) is 4.12. The summed E-state index contributed by atoms with van der Waals surface area (Å²) in [5.41, 5.74) is 11.2. The molecule has 0 spiro atoms. The molecule has 1 saturated carbocycles. The van der Waals surface area contributed by atoms with Crippen LogP contribution in [0.5, 0.6) is 5.88 Å². The molecule has 4 aromatic rings. The molecule has 6 heterocycles. The van der Waals surface area contributed by atoms with Crippen LogP contribution in [0, 0.1) is 31.5 Å². The van der Waals surface area contributed by atoms with E-state index in [1.807, 2.05) is 20.0 Å². The van der Waals surface area contributed by atoms with Crippen LogP contribution in [0.4, 0.5) is 15.2 Å². The molecule has 41 heavy (non-hydrogen) atoms. The Labute approximate surface area is 243 Å². The lowest BCUT2D eigenvalue weighted by Crippen LogP contribution is -2.43. The van der Waals surface area contributed by atoms with E-state index in [4.69, 9.17) is 20.4 Å². The molecule has 2 atom stereocenters. The zero-order chi connectivity index (χ0) is 27.9. The number of halogens is 1. The summed E-state index contributed by atoms with van der Waals surface area (Å²) in [6.07, 6.45) is 10.4. The van der Waals surface area contributed by atoms with Gasteiger partial charge in [-0.2, -0.15) is 0 Å². The van der Waals surface area contributed by atoms with Gasteiger partial charge in [-0.15, -0.1) is 0 Å². The van der Waals surface area contributed by atoms with Gasteiger partial charge in [0.1, 0.15) is 17.8 Å². The average Bonchev–Trinajstić information content (AvgIpc) is 3.72. The van der Waals surface area contributed by atoms with Crippen molar-refractivity contribution in [1.29, 1.82) is 0 Å². The number of fused-ring (bicyclic) bond motifs is 5. The van der Waals surface area contributed by atoms with Crippen LogP contribution in [0.3, 0.4) is 0 Å². The fraction of sp³-hybridized carbons (Fsp3) is 0.531. The van der Waals surface area contributed by atoms with Gasteiger partial charge in [-0.05, 0) is 101 Å². The van der Waals surface area contributed by atoms with Crippen LogP contribution in [-0.4, -0.2) is 58.2 Å². The molecule has 4 aliphatic rings. The minimum atomic E-state index is -0.419. The largest absolute Gasteiger partial charge is 0.476 e. The Morgan fingerprint density at radius 2 is 1.83 bits per heavy atom. The Hall–Kier alpha value is -3.04. The highest BCUT2D eigenvalue weighted by atomic mass is 32.1. The van der Waals surface area contributed by atoms with Crippen LogP contribution in [0.25, 0.3) is 32.4 Å². The molecule has 3 saturated heterocycles. The van der Waals surface area contributed by atoms with E-state index in [-0.39, 0.29) is 11.2 Å². The summed E-state index contributed by atoms with van der Waals surface area (Å²) in [6.45, 7) is 8.91. The van der Waals surface area contributed by atoms with E-state index in [1.54, 1.807) is 0 Å². The molecule has 0 radical (unpaired) electrons. The van der Waals surface area contributed by atoms with Crippen molar-refractivity contribution in [2.45, 2.75) is 64.3 Å². The molecule has 2 bridgehead atoms. The fourth-order valence-electron chi connectivity index (χ4n) is 8.29. The van der Waals surface area contributed by atoms with Crippen LogP contribution in [0.2, 0.25) is 0 Å². The van der Waals surface area contributed by atoms with Crippen molar-refractivity contribution in [3.05, 3.63) is 35.3 Å². The maximum Gasteiger partial charge on any atom is 0.216 e. The fourth-order valence-corrected chi connectivity index (χ4v) is 9.13. The molecule has 8 rings (SSSR count). The van der Waals surface area contributed by atoms with Crippen LogP contribution >= 0.6 is 11.3 Å². The Morgan fingerprint density at radius 1 is 1.07 bits per heavy atom. The first-order valence-corrected chi connectivity index (χ1v) is 16.0. The summed E-state index contributed by atoms with van der Waals surface area (Å²) >= 11 is 1.42. The average molecular weight is 573 g/mol. The van der Waals surface area contributed by atoms with Crippen molar-refractivity contribution in [2.24, 2.45) is 11.8 Å². The first-order chi connectivity index (χ1) is 19.9. The number of aromatic nitrogens is 3. The lowest BCUT2D eigenvalue weighted by molar-refractivity contribution is 0.111.